The highest BCUT2D eigenvalue weighted by Gasteiger charge is 2.43. The predicted molar refractivity (Wildman–Crippen MR) is 118 cm³/mol. The molecule has 3 amide bonds. The zero-order chi connectivity index (χ0) is 23.4. The van der Waals surface area contributed by atoms with Gasteiger partial charge in [0.05, 0.1) is 23.9 Å². The highest BCUT2D eigenvalue weighted by Crippen LogP contribution is 2.29. The van der Waals surface area contributed by atoms with Crippen LogP contribution in [0.25, 0.3) is 0 Å². The number of amides is 3. The van der Waals surface area contributed by atoms with E-state index in [-0.39, 0.29) is 23.5 Å². The number of esters is 1. The van der Waals surface area contributed by atoms with Crippen LogP contribution in [0.1, 0.15) is 41.0 Å². The molecule has 8 nitrogen and oxygen atoms in total. The van der Waals surface area contributed by atoms with E-state index in [0.717, 1.165) is 4.90 Å². The summed E-state index contributed by atoms with van der Waals surface area (Å²) in [5.74, 6) is -2.19. The van der Waals surface area contributed by atoms with E-state index in [1.165, 1.54) is 13.2 Å². The van der Waals surface area contributed by atoms with Crippen LogP contribution in [0.3, 0.4) is 0 Å². The normalized spacial score (nSPS) is 13.7. The van der Waals surface area contributed by atoms with Gasteiger partial charge in [-0.3, -0.25) is 19.3 Å². The number of benzene rings is 2. The van der Waals surface area contributed by atoms with Crippen molar-refractivity contribution in [3.05, 3.63) is 58.6 Å². The van der Waals surface area contributed by atoms with E-state index in [1.54, 1.807) is 36.4 Å². The smallest absolute Gasteiger partial charge is 0.329 e. The van der Waals surface area contributed by atoms with Crippen LogP contribution in [0.5, 0.6) is 5.75 Å². The number of nitrogens with zero attached hydrogens (tertiary/aromatic N) is 1. The molecule has 0 saturated heterocycles. The SMILES string of the molecule is COc1ccc(Cl)cc1NC(=O)COC(=O)C(CC(C)C)N1C(=O)c2ccccc2C1=O. The second-order valence-electron chi connectivity index (χ2n) is 7.67. The van der Waals surface area contributed by atoms with Crippen molar-refractivity contribution in [2.45, 2.75) is 26.3 Å². The summed E-state index contributed by atoms with van der Waals surface area (Å²) in [5.41, 5.74) is 0.801. The van der Waals surface area contributed by atoms with Gasteiger partial charge in [0.25, 0.3) is 17.7 Å². The molecular formula is C23H23ClN2O6. The Hall–Kier alpha value is -3.39. The molecule has 168 valence electrons. The molecule has 0 aromatic heterocycles. The molecule has 1 unspecified atom stereocenters. The Balaban J connectivity index is 1.71. The Bertz CT molecular complexity index is 1030. The van der Waals surface area contributed by atoms with Crippen LogP contribution in [0.2, 0.25) is 5.02 Å². The lowest BCUT2D eigenvalue weighted by Gasteiger charge is -2.25. The standard InChI is InChI=1S/C23H23ClN2O6/c1-13(2)10-18(26-21(28)15-6-4-5-7-16(15)22(26)29)23(30)32-12-20(27)25-17-11-14(24)8-9-19(17)31-3/h4-9,11,13,18H,10,12H2,1-3H3,(H,25,27). The molecule has 0 spiro atoms. The molecule has 2 aromatic rings. The third-order valence-corrected chi connectivity index (χ3v) is 5.12. The Labute approximate surface area is 190 Å². The van der Waals surface area contributed by atoms with Crippen LogP contribution in [0, 0.1) is 5.92 Å². The molecule has 0 bridgehead atoms. The van der Waals surface area contributed by atoms with Gasteiger partial charge in [0.2, 0.25) is 0 Å². The molecule has 1 N–H and O–H groups in total. The van der Waals surface area contributed by atoms with Crippen molar-refractivity contribution in [1.29, 1.82) is 0 Å². The van der Waals surface area contributed by atoms with Gasteiger partial charge in [0.15, 0.2) is 6.61 Å². The first-order valence-corrected chi connectivity index (χ1v) is 10.4. The number of carbonyl (C=O) groups excluding carboxylic acids is 4. The lowest BCUT2D eigenvalue weighted by molar-refractivity contribution is -0.151. The van der Waals surface area contributed by atoms with E-state index in [9.17, 15) is 19.2 Å². The van der Waals surface area contributed by atoms with Crippen molar-refractivity contribution in [2.75, 3.05) is 19.0 Å². The highest BCUT2D eigenvalue weighted by molar-refractivity contribution is 6.31. The molecule has 9 heteroatoms. The van der Waals surface area contributed by atoms with Gasteiger partial charge in [0, 0.05) is 5.02 Å². The number of carbonyl (C=O) groups is 4. The quantitative estimate of drug-likeness (QED) is 0.479. The van der Waals surface area contributed by atoms with Crippen molar-refractivity contribution in [3.63, 3.8) is 0 Å². The number of methoxy groups -OCH3 is 1. The van der Waals surface area contributed by atoms with Gasteiger partial charge in [-0.2, -0.15) is 0 Å². The summed E-state index contributed by atoms with van der Waals surface area (Å²) in [6.45, 7) is 3.11. The maximum Gasteiger partial charge on any atom is 0.329 e. The van der Waals surface area contributed by atoms with Crippen molar-refractivity contribution in [2.24, 2.45) is 5.92 Å². The van der Waals surface area contributed by atoms with Gasteiger partial charge >= 0.3 is 5.97 Å². The summed E-state index contributed by atoms with van der Waals surface area (Å²) < 4.78 is 10.3. The van der Waals surface area contributed by atoms with Gasteiger partial charge in [-0.1, -0.05) is 37.6 Å². The van der Waals surface area contributed by atoms with Crippen LogP contribution in [0.4, 0.5) is 5.69 Å². The molecule has 1 aliphatic rings. The number of halogens is 1. The lowest BCUT2D eigenvalue weighted by atomic mass is 10.0. The summed E-state index contributed by atoms with van der Waals surface area (Å²) in [5, 5.41) is 2.96. The fourth-order valence-corrected chi connectivity index (χ4v) is 3.61. The zero-order valence-electron chi connectivity index (χ0n) is 17.9. The number of ether oxygens (including phenoxy) is 2. The topological polar surface area (TPSA) is 102 Å². The van der Waals surface area contributed by atoms with Crippen molar-refractivity contribution < 1.29 is 28.7 Å². The minimum absolute atomic E-state index is 0.0126. The minimum atomic E-state index is -1.14. The third-order valence-electron chi connectivity index (χ3n) is 4.89. The highest BCUT2D eigenvalue weighted by atomic mass is 35.5. The average molecular weight is 459 g/mol. The van der Waals surface area contributed by atoms with Gasteiger partial charge in [-0.25, -0.2) is 4.79 Å². The first-order chi connectivity index (χ1) is 15.2. The monoisotopic (exact) mass is 458 g/mol. The molecule has 0 fully saturated rings. The van der Waals surface area contributed by atoms with Gasteiger partial charge in [-0.15, -0.1) is 0 Å². The van der Waals surface area contributed by atoms with Gasteiger partial charge in [0.1, 0.15) is 11.8 Å². The average Bonchev–Trinajstić information content (AvgIpc) is 3.01. The Morgan fingerprint density at radius 3 is 2.25 bits per heavy atom. The second kappa shape index (κ2) is 9.82. The predicted octanol–water partition coefficient (Wildman–Crippen LogP) is 3.54. The number of nitrogens with one attached hydrogen (secondary N) is 1. The van der Waals surface area contributed by atoms with Gasteiger partial charge < -0.3 is 14.8 Å². The summed E-state index contributed by atoms with van der Waals surface area (Å²) in [7, 11) is 1.44. The number of rotatable bonds is 8. The summed E-state index contributed by atoms with van der Waals surface area (Å²) >= 11 is 5.95. The van der Waals surface area contributed by atoms with Crippen LogP contribution in [-0.4, -0.2) is 48.3 Å². The van der Waals surface area contributed by atoms with E-state index in [2.05, 4.69) is 5.32 Å². The van der Waals surface area contributed by atoms with E-state index < -0.39 is 36.3 Å². The summed E-state index contributed by atoms with van der Waals surface area (Å²) in [6.07, 6.45) is 0.202. The fraction of sp³-hybridized carbons (Fsp3) is 0.304. The Morgan fingerprint density at radius 2 is 1.69 bits per heavy atom. The molecule has 0 aliphatic carbocycles. The van der Waals surface area contributed by atoms with Crippen LogP contribution in [0.15, 0.2) is 42.5 Å². The molecule has 32 heavy (non-hydrogen) atoms. The first kappa shape index (κ1) is 23.3. The second-order valence-corrected chi connectivity index (χ2v) is 8.11. The number of anilines is 1. The molecular weight excluding hydrogens is 436 g/mol. The molecule has 3 rings (SSSR count). The van der Waals surface area contributed by atoms with Crippen molar-refractivity contribution in [1.82, 2.24) is 4.90 Å². The third kappa shape index (κ3) is 4.91. The molecule has 0 saturated carbocycles. The summed E-state index contributed by atoms with van der Waals surface area (Å²) in [4.78, 5) is 51.7. The molecule has 2 aromatic carbocycles. The Morgan fingerprint density at radius 1 is 1.06 bits per heavy atom. The number of fused-ring (bicyclic) bond motifs is 1. The molecule has 1 aliphatic heterocycles. The lowest BCUT2D eigenvalue weighted by Crippen LogP contribution is -2.46. The van der Waals surface area contributed by atoms with E-state index in [0.29, 0.717) is 16.5 Å². The molecule has 0 radical (unpaired) electrons. The van der Waals surface area contributed by atoms with Crippen LogP contribution < -0.4 is 10.1 Å². The first-order valence-electron chi connectivity index (χ1n) is 9.99. The van der Waals surface area contributed by atoms with Crippen molar-refractivity contribution >= 4 is 41.0 Å². The largest absolute Gasteiger partial charge is 0.495 e. The van der Waals surface area contributed by atoms with E-state index >= 15 is 0 Å². The number of hydrogen-bond donors (Lipinski definition) is 1. The van der Waals surface area contributed by atoms with Crippen LogP contribution in [-0.2, 0) is 14.3 Å². The van der Waals surface area contributed by atoms with E-state index in [1.807, 2.05) is 13.8 Å². The zero-order valence-corrected chi connectivity index (χ0v) is 18.6. The minimum Gasteiger partial charge on any atom is -0.495 e. The number of imide groups is 1. The molecule has 1 heterocycles. The summed E-state index contributed by atoms with van der Waals surface area (Å²) in [6, 6.07) is 9.93. The fourth-order valence-electron chi connectivity index (χ4n) is 3.44. The molecule has 1 atom stereocenters. The maximum absolute atomic E-state index is 12.8. The number of hydrogen-bond acceptors (Lipinski definition) is 6. The van der Waals surface area contributed by atoms with E-state index in [4.69, 9.17) is 21.1 Å². The van der Waals surface area contributed by atoms with Crippen LogP contribution >= 0.6 is 11.6 Å². The van der Waals surface area contributed by atoms with Crippen molar-refractivity contribution in [3.8, 4) is 5.75 Å². The maximum atomic E-state index is 12.8. The van der Waals surface area contributed by atoms with Gasteiger partial charge in [-0.05, 0) is 42.7 Å². The Kier molecular flexibility index (Phi) is 7.15.